The summed E-state index contributed by atoms with van der Waals surface area (Å²) in [6.45, 7) is 8.48. The van der Waals surface area contributed by atoms with Gasteiger partial charge in [0.05, 0.1) is 12.3 Å². The quantitative estimate of drug-likeness (QED) is 0.898. The van der Waals surface area contributed by atoms with Crippen LogP contribution in [0.2, 0.25) is 0 Å². The van der Waals surface area contributed by atoms with Crippen molar-refractivity contribution in [3.63, 3.8) is 0 Å². The number of aryl methyl sites for hydroxylation is 3. The predicted molar refractivity (Wildman–Crippen MR) is 74.8 cm³/mol. The molecule has 0 aliphatic rings. The Balaban J connectivity index is 2.48. The molecule has 0 aliphatic carbocycles. The third kappa shape index (κ3) is 2.71. The normalized spacial score (nSPS) is 12.7. The van der Waals surface area contributed by atoms with Crippen molar-refractivity contribution in [3.05, 3.63) is 58.3 Å². The molecule has 0 fully saturated rings. The van der Waals surface area contributed by atoms with E-state index < -0.39 is 0 Å². The Morgan fingerprint density at radius 1 is 1.16 bits per heavy atom. The monoisotopic (exact) mass is 261 g/mol. The number of halogens is 1. The van der Waals surface area contributed by atoms with Crippen molar-refractivity contribution in [2.75, 3.05) is 6.54 Å². The summed E-state index contributed by atoms with van der Waals surface area (Å²) in [4.78, 5) is 0. The predicted octanol–water partition coefficient (Wildman–Crippen LogP) is 4.04. The minimum absolute atomic E-state index is 0.0296. The van der Waals surface area contributed by atoms with E-state index in [1.54, 1.807) is 20.1 Å². The van der Waals surface area contributed by atoms with Gasteiger partial charge in [0.15, 0.2) is 0 Å². The van der Waals surface area contributed by atoms with E-state index in [1.165, 1.54) is 0 Å². The van der Waals surface area contributed by atoms with Crippen LogP contribution in [-0.4, -0.2) is 6.54 Å². The molecule has 1 atom stereocenters. The first-order chi connectivity index (χ1) is 9.04. The molecule has 0 radical (unpaired) electrons. The fourth-order valence-corrected chi connectivity index (χ4v) is 2.39. The molecule has 1 aromatic carbocycles. The lowest BCUT2D eigenvalue weighted by molar-refractivity contribution is 0.448. The van der Waals surface area contributed by atoms with Gasteiger partial charge >= 0.3 is 0 Å². The van der Waals surface area contributed by atoms with Crippen molar-refractivity contribution in [1.82, 2.24) is 5.32 Å². The summed E-state index contributed by atoms with van der Waals surface area (Å²) in [6.07, 6.45) is 1.69. The van der Waals surface area contributed by atoms with Gasteiger partial charge in [-0.1, -0.05) is 19.1 Å². The molecule has 2 nitrogen and oxygen atoms in total. The second kappa shape index (κ2) is 5.57. The highest BCUT2D eigenvalue weighted by atomic mass is 19.1. The van der Waals surface area contributed by atoms with Gasteiger partial charge in [-0.2, -0.15) is 0 Å². The zero-order chi connectivity index (χ0) is 14.0. The second-order valence-corrected chi connectivity index (χ2v) is 4.93. The van der Waals surface area contributed by atoms with Crippen molar-refractivity contribution in [2.45, 2.75) is 33.7 Å². The summed E-state index contributed by atoms with van der Waals surface area (Å²) in [5.74, 6) is 0.766. The number of hydrogen-bond acceptors (Lipinski definition) is 2. The van der Waals surface area contributed by atoms with Crippen LogP contribution in [0.5, 0.6) is 0 Å². The van der Waals surface area contributed by atoms with E-state index in [4.69, 9.17) is 4.42 Å². The van der Waals surface area contributed by atoms with Crippen molar-refractivity contribution in [1.29, 1.82) is 0 Å². The molecule has 0 amide bonds. The molecule has 1 heterocycles. The highest BCUT2D eigenvalue weighted by Crippen LogP contribution is 2.28. The molecule has 0 bridgehead atoms. The van der Waals surface area contributed by atoms with Crippen LogP contribution in [0, 0.1) is 26.6 Å². The number of hydrogen-bond donors (Lipinski definition) is 1. The molecule has 2 rings (SSSR count). The van der Waals surface area contributed by atoms with E-state index in [1.807, 2.05) is 25.1 Å². The average Bonchev–Trinajstić information content (AvgIpc) is 2.78. The lowest BCUT2D eigenvalue weighted by atomic mass is 9.97. The average molecular weight is 261 g/mol. The number of benzene rings is 1. The molecule has 3 heteroatoms. The second-order valence-electron chi connectivity index (χ2n) is 4.93. The Hall–Kier alpha value is -1.61. The van der Waals surface area contributed by atoms with E-state index in [2.05, 4.69) is 12.2 Å². The summed E-state index contributed by atoms with van der Waals surface area (Å²) in [5.41, 5.74) is 3.48. The van der Waals surface area contributed by atoms with Crippen LogP contribution < -0.4 is 5.32 Å². The van der Waals surface area contributed by atoms with Crippen LogP contribution in [0.25, 0.3) is 0 Å². The van der Waals surface area contributed by atoms with Crippen LogP contribution in [0.15, 0.2) is 28.9 Å². The maximum atomic E-state index is 13.7. The number of rotatable bonds is 4. The van der Waals surface area contributed by atoms with Crippen LogP contribution >= 0.6 is 0 Å². The Labute approximate surface area is 113 Å². The lowest BCUT2D eigenvalue weighted by Crippen LogP contribution is -2.22. The molecule has 1 N–H and O–H groups in total. The van der Waals surface area contributed by atoms with Crippen LogP contribution in [0.1, 0.15) is 41.0 Å². The Morgan fingerprint density at radius 2 is 1.79 bits per heavy atom. The Bertz CT molecular complexity index is 551. The Morgan fingerprint density at radius 3 is 2.26 bits per heavy atom. The van der Waals surface area contributed by atoms with E-state index >= 15 is 0 Å². The van der Waals surface area contributed by atoms with Gasteiger partial charge in [-0.05, 0) is 55.6 Å². The lowest BCUT2D eigenvalue weighted by Gasteiger charge is -2.19. The standard InChI is InChI=1S/C16H20FNO/c1-5-18-15(16-10(2)6-7-19-16)13-8-11(3)14(17)12(4)9-13/h6-9,15,18H,5H2,1-4H3. The SMILES string of the molecule is CCNC(c1cc(C)c(F)c(C)c1)c1occc1C. The third-order valence-electron chi connectivity index (χ3n) is 3.36. The molecule has 1 unspecified atom stereocenters. The van der Waals surface area contributed by atoms with Gasteiger partial charge in [0.1, 0.15) is 11.6 Å². The fourth-order valence-electron chi connectivity index (χ4n) is 2.39. The number of nitrogens with one attached hydrogen (secondary N) is 1. The molecule has 2 aromatic rings. The summed E-state index contributed by atoms with van der Waals surface area (Å²) in [5, 5.41) is 3.40. The highest BCUT2D eigenvalue weighted by molar-refractivity contribution is 5.37. The van der Waals surface area contributed by atoms with Crippen molar-refractivity contribution >= 4 is 0 Å². The van der Waals surface area contributed by atoms with Gasteiger partial charge in [0, 0.05) is 0 Å². The van der Waals surface area contributed by atoms with E-state index in [9.17, 15) is 4.39 Å². The maximum absolute atomic E-state index is 13.7. The summed E-state index contributed by atoms with van der Waals surface area (Å²) >= 11 is 0. The third-order valence-corrected chi connectivity index (χ3v) is 3.36. The van der Waals surface area contributed by atoms with E-state index in [0.717, 1.165) is 23.4 Å². The zero-order valence-electron chi connectivity index (χ0n) is 11.9. The van der Waals surface area contributed by atoms with E-state index in [0.29, 0.717) is 11.1 Å². The first-order valence-electron chi connectivity index (χ1n) is 6.58. The molecule has 1 aromatic heterocycles. The first-order valence-corrected chi connectivity index (χ1v) is 6.58. The minimum Gasteiger partial charge on any atom is -0.467 e. The fraction of sp³-hybridized carbons (Fsp3) is 0.375. The molecular weight excluding hydrogens is 241 g/mol. The van der Waals surface area contributed by atoms with Crippen LogP contribution in [0.4, 0.5) is 4.39 Å². The smallest absolute Gasteiger partial charge is 0.129 e. The number of furan rings is 1. The first kappa shape index (κ1) is 13.8. The minimum atomic E-state index is -0.129. The summed E-state index contributed by atoms with van der Waals surface area (Å²) in [6, 6.07) is 5.69. The molecule has 0 saturated heterocycles. The van der Waals surface area contributed by atoms with Gasteiger partial charge < -0.3 is 9.73 Å². The molecule has 0 saturated carbocycles. The van der Waals surface area contributed by atoms with Gasteiger partial charge in [-0.3, -0.25) is 0 Å². The molecular formula is C16H20FNO. The van der Waals surface area contributed by atoms with Crippen molar-refractivity contribution in [3.8, 4) is 0 Å². The summed E-state index contributed by atoms with van der Waals surface area (Å²) in [7, 11) is 0. The largest absolute Gasteiger partial charge is 0.467 e. The van der Waals surface area contributed by atoms with Gasteiger partial charge in [0.25, 0.3) is 0 Å². The van der Waals surface area contributed by atoms with Gasteiger partial charge in [0.2, 0.25) is 0 Å². The molecule has 0 aliphatic heterocycles. The zero-order valence-corrected chi connectivity index (χ0v) is 11.9. The molecule has 19 heavy (non-hydrogen) atoms. The highest BCUT2D eigenvalue weighted by Gasteiger charge is 2.20. The molecule has 0 spiro atoms. The van der Waals surface area contributed by atoms with Crippen molar-refractivity contribution < 1.29 is 8.81 Å². The van der Waals surface area contributed by atoms with Crippen molar-refractivity contribution in [2.24, 2.45) is 0 Å². The van der Waals surface area contributed by atoms with E-state index in [-0.39, 0.29) is 11.9 Å². The topological polar surface area (TPSA) is 25.2 Å². The molecule has 102 valence electrons. The summed E-state index contributed by atoms with van der Waals surface area (Å²) < 4.78 is 19.3. The van der Waals surface area contributed by atoms with Crippen LogP contribution in [-0.2, 0) is 0 Å². The van der Waals surface area contributed by atoms with Gasteiger partial charge in [-0.25, -0.2) is 4.39 Å². The Kier molecular flexibility index (Phi) is 4.05. The van der Waals surface area contributed by atoms with Crippen LogP contribution in [0.3, 0.4) is 0 Å². The van der Waals surface area contributed by atoms with Gasteiger partial charge in [-0.15, -0.1) is 0 Å². The maximum Gasteiger partial charge on any atom is 0.129 e.